The largest absolute Gasteiger partial charge is 1.00 e. The van der Waals surface area contributed by atoms with Crippen molar-refractivity contribution >= 4 is 15.9 Å². The summed E-state index contributed by atoms with van der Waals surface area (Å²) in [7, 11) is -3.54. The van der Waals surface area contributed by atoms with Crippen LogP contribution >= 0.6 is 0 Å². The zero-order chi connectivity index (χ0) is 19.0. The monoisotopic (exact) mass is 392 g/mol. The molecule has 1 aromatic carbocycles. The standard InChI is InChI=1S/C11H16O3S.C9H17O.Na/c1-2-3-7-10-14-15(12,13)11-8-5-4-6-9-11;1-3-5-6-8-9(10)7-4-2;/h4-6,8-9H,2-3,7,10H2,1H3;7H,3-6,8H2,1-2H3;/q;-1;+1. The molecule has 26 heavy (non-hydrogen) atoms. The number of carbonyl (C=O) groups excluding carboxylic acids is 1. The van der Waals surface area contributed by atoms with Gasteiger partial charge in [0.2, 0.25) is 0 Å². The van der Waals surface area contributed by atoms with Gasteiger partial charge in [-0.25, -0.2) is 0 Å². The maximum absolute atomic E-state index is 11.6. The van der Waals surface area contributed by atoms with Crippen molar-refractivity contribution in [2.45, 2.75) is 77.0 Å². The fraction of sp³-hybridized carbons (Fsp3) is 0.600. The van der Waals surface area contributed by atoms with Crippen LogP contribution < -0.4 is 29.6 Å². The molecule has 0 fully saturated rings. The second kappa shape index (κ2) is 18.1. The zero-order valence-corrected chi connectivity index (χ0v) is 19.7. The van der Waals surface area contributed by atoms with Gasteiger partial charge in [-0.1, -0.05) is 64.7 Å². The van der Waals surface area contributed by atoms with Crippen molar-refractivity contribution in [2.24, 2.45) is 0 Å². The Morgan fingerprint density at radius 2 is 1.54 bits per heavy atom. The normalized spacial score (nSPS) is 10.3. The number of Topliss-reactive ketones (excluding diaryl/α,β-unsaturated/α-hetero) is 1. The van der Waals surface area contributed by atoms with E-state index in [4.69, 9.17) is 4.18 Å². The van der Waals surface area contributed by atoms with Crippen LogP contribution in [0.1, 0.15) is 72.1 Å². The summed E-state index contributed by atoms with van der Waals surface area (Å²) in [6.07, 6.45) is 9.67. The van der Waals surface area contributed by atoms with E-state index in [9.17, 15) is 13.2 Å². The molecule has 0 aliphatic heterocycles. The van der Waals surface area contributed by atoms with Gasteiger partial charge >= 0.3 is 29.6 Å². The molecule has 0 unspecified atom stereocenters. The first-order valence-electron chi connectivity index (χ1n) is 9.28. The van der Waals surface area contributed by atoms with Crippen LogP contribution in [-0.2, 0) is 19.1 Å². The van der Waals surface area contributed by atoms with E-state index in [1.54, 1.807) is 24.6 Å². The third-order valence-corrected chi connectivity index (χ3v) is 4.80. The van der Waals surface area contributed by atoms with Crippen LogP contribution in [0.3, 0.4) is 0 Å². The molecular formula is C20H33NaO4S. The quantitative estimate of drug-likeness (QED) is 0.237. The molecule has 0 aliphatic rings. The predicted octanol–water partition coefficient (Wildman–Crippen LogP) is 2.34. The summed E-state index contributed by atoms with van der Waals surface area (Å²) in [4.78, 5) is 11.1. The number of ketones is 1. The summed E-state index contributed by atoms with van der Waals surface area (Å²) >= 11 is 0. The molecule has 1 aromatic rings. The summed E-state index contributed by atoms with van der Waals surface area (Å²) in [6.45, 7) is 6.47. The Bertz CT molecular complexity index is 544. The molecule has 6 heteroatoms. The number of hydrogen-bond acceptors (Lipinski definition) is 4. The molecule has 0 radical (unpaired) electrons. The fourth-order valence-electron chi connectivity index (χ4n) is 2.05. The first-order valence-corrected chi connectivity index (χ1v) is 10.7. The van der Waals surface area contributed by atoms with Crippen molar-refractivity contribution in [3.63, 3.8) is 0 Å². The van der Waals surface area contributed by atoms with Crippen LogP contribution in [0.15, 0.2) is 35.2 Å². The molecule has 0 saturated heterocycles. The van der Waals surface area contributed by atoms with E-state index in [2.05, 4.69) is 13.8 Å². The average Bonchev–Trinajstić information content (AvgIpc) is 2.61. The van der Waals surface area contributed by atoms with Crippen LogP contribution in [0.2, 0.25) is 0 Å². The van der Waals surface area contributed by atoms with Gasteiger partial charge < -0.3 is 11.2 Å². The summed E-state index contributed by atoms with van der Waals surface area (Å²) in [5, 5.41) is 0. The molecule has 0 aliphatic carbocycles. The van der Waals surface area contributed by atoms with Gasteiger partial charge in [0.05, 0.1) is 11.5 Å². The molecule has 0 amide bonds. The molecule has 0 aromatic heterocycles. The van der Waals surface area contributed by atoms with E-state index >= 15 is 0 Å². The number of rotatable bonds is 12. The van der Waals surface area contributed by atoms with E-state index in [1.807, 2.05) is 6.92 Å². The first kappa shape index (κ1) is 27.9. The van der Waals surface area contributed by atoms with Crippen molar-refractivity contribution in [3.05, 3.63) is 36.8 Å². The Kier molecular flexibility index (Phi) is 19.4. The van der Waals surface area contributed by atoms with Crippen molar-refractivity contribution in [3.8, 4) is 0 Å². The van der Waals surface area contributed by atoms with Crippen molar-refractivity contribution in [1.82, 2.24) is 0 Å². The molecule has 0 N–H and O–H groups in total. The maximum atomic E-state index is 11.6. The molecule has 1 rings (SSSR count). The molecule has 0 bridgehead atoms. The van der Waals surface area contributed by atoms with E-state index in [0.717, 1.165) is 38.5 Å². The molecule has 0 spiro atoms. The van der Waals surface area contributed by atoms with Crippen LogP contribution in [0.5, 0.6) is 0 Å². The van der Waals surface area contributed by atoms with Crippen LogP contribution in [0, 0.1) is 6.42 Å². The Hall–Kier alpha value is -0.330. The summed E-state index contributed by atoms with van der Waals surface area (Å²) in [5.74, 6) is 0.316. The number of hydrogen-bond donors (Lipinski definition) is 0. The fourth-order valence-corrected chi connectivity index (χ4v) is 3.02. The maximum Gasteiger partial charge on any atom is 1.00 e. The third-order valence-electron chi connectivity index (χ3n) is 3.48. The molecular weight excluding hydrogens is 359 g/mol. The van der Waals surface area contributed by atoms with Crippen LogP contribution in [0.4, 0.5) is 0 Å². The summed E-state index contributed by atoms with van der Waals surface area (Å²) in [6, 6.07) is 8.21. The number of carbonyl (C=O) groups is 1. The minimum absolute atomic E-state index is 0. The van der Waals surface area contributed by atoms with E-state index in [0.29, 0.717) is 5.78 Å². The van der Waals surface area contributed by atoms with Gasteiger partial charge in [0, 0.05) is 0 Å². The van der Waals surface area contributed by atoms with Gasteiger partial charge in [-0.2, -0.15) is 14.8 Å². The van der Waals surface area contributed by atoms with Crippen LogP contribution in [-0.4, -0.2) is 20.8 Å². The van der Waals surface area contributed by atoms with Gasteiger partial charge in [-0.3, -0.25) is 4.18 Å². The average molecular weight is 393 g/mol. The number of benzene rings is 1. The molecule has 0 heterocycles. The van der Waals surface area contributed by atoms with E-state index in [-0.39, 0.29) is 41.1 Å². The van der Waals surface area contributed by atoms with Gasteiger partial charge in [-0.05, 0) is 37.2 Å². The van der Waals surface area contributed by atoms with Gasteiger partial charge in [0.15, 0.2) is 0 Å². The molecule has 0 atom stereocenters. The minimum Gasteiger partial charge on any atom is -0.334 e. The second-order valence-corrected chi connectivity index (χ2v) is 7.45. The third kappa shape index (κ3) is 14.8. The van der Waals surface area contributed by atoms with Crippen molar-refractivity contribution in [2.75, 3.05) is 6.61 Å². The summed E-state index contributed by atoms with van der Waals surface area (Å²) in [5.41, 5.74) is 0. The molecule has 0 saturated carbocycles. The zero-order valence-electron chi connectivity index (χ0n) is 16.9. The van der Waals surface area contributed by atoms with Crippen LogP contribution in [0.25, 0.3) is 0 Å². The molecule has 4 nitrogen and oxygen atoms in total. The van der Waals surface area contributed by atoms with Gasteiger partial charge in [0.1, 0.15) is 0 Å². The Morgan fingerprint density at radius 1 is 0.962 bits per heavy atom. The topological polar surface area (TPSA) is 60.4 Å². The Balaban J connectivity index is 0. The minimum atomic E-state index is -3.54. The van der Waals surface area contributed by atoms with E-state index in [1.165, 1.54) is 25.0 Å². The Morgan fingerprint density at radius 3 is 2.08 bits per heavy atom. The second-order valence-electron chi connectivity index (χ2n) is 5.83. The van der Waals surface area contributed by atoms with Gasteiger partial charge in [-0.15, -0.1) is 0 Å². The predicted molar refractivity (Wildman–Crippen MR) is 103 cm³/mol. The van der Waals surface area contributed by atoms with Crippen molar-refractivity contribution < 1.29 is 47.0 Å². The molecule has 144 valence electrons. The van der Waals surface area contributed by atoms with E-state index < -0.39 is 10.1 Å². The first-order chi connectivity index (χ1) is 12.0. The SMILES string of the molecule is CCCCCOS(=O)(=O)c1ccccc1.CC[CH-]C(=O)CCCCC.[Na+]. The van der Waals surface area contributed by atoms with Gasteiger partial charge in [0.25, 0.3) is 10.1 Å². The van der Waals surface area contributed by atoms with Crippen molar-refractivity contribution in [1.29, 1.82) is 0 Å². The summed E-state index contributed by atoms with van der Waals surface area (Å²) < 4.78 is 28.0. The number of unbranched alkanes of at least 4 members (excludes halogenated alkanes) is 4. The Labute approximate surface area is 182 Å². The smallest absolute Gasteiger partial charge is 0.334 e.